The van der Waals surface area contributed by atoms with Crippen LogP contribution in [-0.4, -0.2) is 9.55 Å². The van der Waals surface area contributed by atoms with Crippen molar-refractivity contribution in [1.29, 1.82) is 0 Å². The molecule has 2 aromatic heterocycles. The van der Waals surface area contributed by atoms with Crippen LogP contribution in [-0.2, 0) is 6.54 Å². The topological polar surface area (TPSA) is 54.9 Å². The van der Waals surface area contributed by atoms with E-state index in [-0.39, 0.29) is 12.1 Å². The molecule has 6 heteroatoms. The number of thiophene rings is 1. The maximum Gasteiger partial charge on any atom is 0.329 e. The molecule has 0 bridgehead atoms. The van der Waals surface area contributed by atoms with Gasteiger partial charge in [0.1, 0.15) is 4.83 Å². The number of nitrogens with one attached hydrogen (secondary N) is 1. The number of benzene rings is 2. The molecule has 0 unspecified atom stereocenters. The van der Waals surface area contributed by atoms with Crippen molar-refractivity contribution in [3.05, 3.63) is 91.6 Å². The van der Waals surface area contributed by atoms with Crippen LogP contribution in [0.4, 0.5) is 0 Å². The summed E-state index contributed by atoms with van der Waals surface area (Å²) in [6, 6.07) is 16.9. The van der Waals surface area contributed by atoms with Crippen molar-refractivity contribution in [3.8, 4) is 10.4 Å². The van der Waals surface area contributed by atoms with E-state index in [1.165, 1.54) is 15.9 Å². The van der Waals surface area contributed by atoms with Crippen LogP contribution in [0.2, 0.25) is 5.02 Å². The minimum Gasteiger partial charge on any atom is -0.298 e. The summed E-state index contributed by atoms with van der Waals surface area (Å²) < 4.78 is 1.25. The molecule has 0 aliphatic rings. The molecule has 0 amide bonds. The lowest BCUT2D eigenvalue weighted by molar-refractivity contribution is 0.712. The number of aromatic amines is 1. The van der Waals surface area contributed by atoms with Crippen molar-refractivity contribution in [3.63, 3.8) is 0 Å². The lowest BCUT2D eigenvalue weighted by Crippen LogP contribution is -2.35. The van der Waals surface area contributed by atoms with Crippen molar-refractivity contribution >= 4 is 33.2 Å². The highest BCUT2D eigenvalue weighted by Crippen LogP contribution is 2.35. The molecular weight excluding hydrogens is 368 g/mol. The molecule has 0 spiro atoms. The second kappa shape index (κ2) is 6.59. The third-order valence-corrected chi connectivity index (χ3v) is 5.87. The van der Waals surface area contributed by atoms with Crippen LogP contribution < -0.4 is 11.2 Å². The van der Waals surface area contributed by atoms with Crippen molar-refractivity contribution in [2.75, 3.05) is 0 Å². The van der Waals surface area contributed by atoms with Crippen molar-refractivity contribution in [2.24, 2.45) is 0 Å². The molecule has 0 aliphatic heterocycles. The smallest absolute Gasteiger partial charge is 0.298 e. The SMILES string of the molecule is Cc1c(-c2ccc(Cl)cc2)sc2[nH]c(=O)n(Cc3ccccc3)c(=O)c12. The summed E-state index contributed by atoms with van der Waals surface area (Å²) in [5.74, 6) is 0. The quantitative estimate of drug-likeness (QED) is 0.570. The lowest BCUT2D eigenvalue weighted by atomic mass is 10.1. The maximum absolute atomic E-state index is 13.0. The van der Waals surface area contributed by atoms with Gasteiger partial charge in [0.05, 0.1) is 11.9 Å². The Morgan fingerprint density at radius 1 is 1.04 bits per heavy atom. The molecule has 4 nitrogen and oxygen atoms in total. The first-order chi connectivity index (χ1) is 12.5. The molecule has 0 saturated carbocycles. The number of nitrogens with zero attached hydrogens (tertiary/aromatic N) is 1. The number of hydrogen-bond donors (Lipinski definition) is 1. The largest absolute Gasteiger partial charge is 0.329 e. The second-order valence-corrected chi connectivity index (χ2v) is 7.53. The number of rotatable bonds is 3. The van der Waals surface area contributed by atoms with Crippen LogP contribution >= 0.6 is 22.9 Å². The van der Waals surface area contributed by atoms with Crippen LogP contribution in [0, 0.1) is 6.92 Å². The maximum atomic E-state index is 13.0. The summed E-state index contributed by atoms with van der Waals surface area (Å²) in [6.07, 6.45) is 0. The van der Waals surface area contributed by atoms with E-state index in [2.05, 4.69) is 4.98 Å². The first-order valence-electron chi connectivity index (χ1n) is 8.10. The van der Waals surface area contributed by atoms with Crippen LogP contribution in [0.3, 0.4) is 0 Å². The Hall–Kier alpha value is -2.63. The predicted octanol–water partition coefficient (Wildman–Crippen LogP) is 4.43. The first kappa shape index (κ1) is 16.8. The summed E-state index contributed by atoms with van der Waals surface area (Å²) in [6.45, 7) is 2.16. The molecule has 26 heavy (non-hydrogen) atoms. The standard InChI is InChI=1S/C20H15ClN2O2S/c1-12-16-18(26-17(12)14-7-9-15(21)10-8-14)22-20(25)23(19(16)24)11-13-5-3-2-4-6-13/h2-10H,11H2,1H3,(H,22,25). The van der Waals surface area contributed by atoms with Gasteiger partial charge in [-0.15, -0.1) is 11.3 Å². The Morgan fingerprint density at radius 2 is 1.73 bits per heavy atom. The van der Waals surface area contributed by atoms with Crippen LogP contribution in [0.1, 0.15) is 11.1 Å². The summed E-state index contributed by atoms with van der Waals surface area (Å²) in [7, 11) is 0. The Bertz CT molecular complexity index is 1210. The fourth-order valence-electron chi connectivity index (χ4n) is 3.04. The van der Waals surface area contributed by atoms with Crippen molar-refractivity contribution in [1.82, 2.24) is 9.55 Å². The molecule has 2 aromatic carbocycles. The monoisotopic (exact) mass is 382 g/mol. The molecule has 0 radical (unpaired) electrons. The number of hydrogen-bond acceptors (Lipinski definition) is 3. The first-order valence-corrected chi connectivity index (χ1v) is 9.30. The minimum absolute atomic E-state index is 0.247. The van der Waals surface area contributed by atoms with Gasteiger partial charge in [-0.1, -0.05) is 54.1 Å². The van der Waals surface area contributed by atoms with E-state index in [0.29, 0.717) is 15.2 Å². The van der Waals surface area contributed by atoms with Gasteiger partial charge in [-0.05, 0) is 35.7 Å². The van der Waals surface area contributed by atoms with E-state index in [9.17, 15) is 9.59 Å². The Kier molecular flexibility index (Phi) is 4.26. The number of H-pyrrole nitrogens is 1. The molecule has 1 N–H and O–H groups in total. The van der Waals surface area contributed by atoms with Gasteiger partial charge in [-0.2, -0.15) is 0 Å². The molecule has 0 saturated heterocycles. The summed E-state index contributed by atoms with van der Waals surface area (Å²) >= 11 is 7.38. The lowest BCUT2D eigenvalue weighted by Gasteiger charge is -2.05. The number of halogens is 1. The average Bonchev–Trinajstić information content (AvgIpc) is 2.96. The van der Waals surface area contributed by atoms with Gasteiger partial charge in [0.25, 0.3) is 5.56 Å². The fourth-order valence-corrected chi connectivity index (χ4v) is 4.36. The molecule has 2 heterocycles. The Morgan fingerprint density at radius 3 is 2.42 bits per heavy atom. The Labute approximate surface area is 158 Å². The average molecular weight is 383 g/mol. The van der Waals surface area contributed by atoms with Crippen molar-refractivity contribution in [2.45, 2.75) is 13.5 Å². The third-order valence-electron chi connectivity index (χ3n) is 4.36. The molecular formula is C20H15ClN2O2S. The third kappa shape index (κ3) is 2.89. The van der Waals surface area contributed by atoms with Gasteiger partial charge in [0.2, 0.25) is 0 Å². The summed E-state index contributed by atoms with van der Waals surface area (Å²) in [5, 5.41) is 1.22. The highest BCUT2D eigenvalue weighted by molar-refractivity contribution is 7.22. The summed E-state index contributed by atoms with van der Waals surface area (Å²) in [5.41, 5.74) is 2.10. The van der Waals surface area contributed by atoms with Gasteiger partial charge in [0.15, 0.2) is 0 Å². The van der Waals surface area contributed by atoms with Gasteiger partial charge < -0.3 is 0 Å². The van der Waals surface area contributed by atoms with E-state index < -0.39 is 5.69 Å². The normalized spacial score (nSPS) is 11.2. The molecule has 130 valence electrons. The Balaban J connectivity index is 1.90. The number of aromatic nitrogens is 2. The predicted molar refractivity (Wildman–Crippen MR) is 107 cm³/mol. The summed E-state index contributed by atoms with van der Waals surface area (Å²) in [4.78, 5) is 29.9. The molecule has 4 aromatic rings. The van der Waals surface area contributed by atoms with E-state index in [1.54, 1.807) is 0 Å². The van der Waals surface area contributed by atoms with E-state index in [1.807, 2.05) is 61.5 Å². The number of fused-ring (bicyclic) bond motifs is 1. The zero-order chi connectivity index (χ0) is 18.3. The molecule has 0 atom stereocenters. The highest BCUT2D eigenvalue weighted by Gasteiger charge is 2.17. The zero-order valence-electron chi connectivity index (χ0n) is 14.0. The van der Waals surface area contributed by atoms with E-state index in [4.69, 9.17) is 11.6 Å². The van der Waals surface area contributed by atoms with Crippen LogP contribution in [0.25, 0.3) is 20.7 Å². The highest BCUT2D eigenvalue weighted by atomic mass is 35.5. The van der Waals surface area contributed by atoms with Gasteiger partial charge in [-0.3, -0.25) is 14.3 Å². The van der Waals surface area contributed by atoms with Crippen molar-refractivity contribution < 1.29 is 0 Å². The zero-order valence-corrected chi connectivity index (χ0v) is 15.5. The van der Waals surface area contributed by atoms with Gasteiger partial charge in [0, 0.05) is 9.90 Å². The van der Waals surface area contributed by atoms with E-state index >= 15 is 0 Å². The molecule has 0 fully saturated rings. The molecule has 0 aliphatic carbocycles. The second-order valence-electron chi connectivity index (χ2n) is 6.07. The fraction of sp³-hybridized carbons (Fsp3) is 0.100. The van der Waals surface area contributed by atoms with Crippen LogP contribution in [0.15, 0.2) is 64.2 Å². The van der Waals surface area contributed by atoms with Crippen LogP contribution in [0.5, 0.6) is 0 Å². The molecule has 4 rings (SSSR count). The van der Waals surface area contributed by atoms with Gasteiger partial charge >= 0.3 is 5.69 Å². The van der Waals surface area contributed by atoms with E-state index in [0.717, 1.165) is 21.6 Å². The van der Waals surface area contributed by atoms with Gasteiger partial charge in [-0.25, -0.2) is 4.79 Å². The minimum atomic E-state index is -0.393. The number of aryl methyl sites for hydroxylation is 1.